The zero-order valence-electron chi connectivity index (χ0n) is 14.4. The van der Waals surface area contributed by atoms with E-state index in [-0.39, 0.29) is 0 Å². The molecule has 0 saturated heterocycles. The van der Waals surface area contributed by atoms with Gasteiger partial charge in [-0.05, 0) is 25.9 Å². The van der Waals surface area contributed by atoms with Crippen LogP contribution < -0.4 is 0 Å². The van der Waals surface area contributed by atoms with E-state index in [9.17, 15) is 25.0 Å². The fraction of sp³-hybridized carbons (Fsp3) is 1.00. The second kappa shape index (κ2) is 12.3. The van der Waals surface area contributed by atoms with Crippen molar-refractivity contribution in [2.75, 3.05) is 26.3 Å². The lowest BCUT2D eigenvalue weighted by atomic mass is 9.99. The molecule has 0 aromatic heterocycles. The van der Waals surface area contributed by atoms with Gasteiger partial charge in [-0.15, -0.1) is 0 Å². The molecule has 0 bridgehead atoms. The van der Waals surface area contributed by atoms with Gasteiger partial charge < -0.3 is 30.2 Å². The van der Waals surface area contributed by atoms with Crippen molar-refractivity contribution in [2.45, 2.75) is 63.9 Å². The van der Waals surface area contributed by atoms with Gasteiger partial charge in [0.2, 0.25) is 0 Å². The normalized spacial score (nSPS) is 17.7. The maximum absolute atomic E-state index is 10.6. The molecule has 0 unspecified atom stereocenters. The minimum Gasteiger partial charge on any atom is -0.395 e. The van der Waals surface area contributed by atoms with E-state index in [1.54, 1.807) is 0 Å². The van der Waals surface area contributed by atoms with Crippen molar-refractivity contribution in [3.8, 4) is 0 Å². The molecule has 0 fully saturated rings. The zero-order chi connectivity index (χ0) is 18.8. The summed E-state index contributed by atoms with van der Waals surface area (Å²) >= 11 is 0. The molecule has 4 atom stereocenters. The minimum absolute atomic E-state index is 0.419. The van der Waals surface area contributed by atoms with Crippen LogP contribution in [0.25, 0.3) is 0 Å². The SMILES string of the molecule is CCCCN(CCCC)[C@@H](CO)[C@@H](O)[C@H](O)[C@H](O)COP(=O)(O)O. The third-order valence-corrected chi connectivity index (χ3v) is 4.29. The molecule has 0 radical (unpaired) electrons. The average molecular weight is 373 g/mol. The Balaban J connectivity index is 4.85. The Morgan fingerprint density at radius 2 is 1.50 bits per heavy atom. The Hall–Kier alpha value is -0.0900. The lowest BCUT2D eigenvalue weighted by molar-refractivity contribution is -0.109. The number of hydrogen-bond acceptors (Lipinski definition) is 7. The van der Waals surface area contributed by atoms with Crippen LogP contribution in [-0.4, -0.2) is 85.8 Å². The van der Waals surface area contributed by atoms with Crippen LogP contribution in [0.5, 0.6) is 0 Å². The van der Waals surface area contributed by atoms with Crippen LogP contribution in [0.15, 0.2) is 0 Å². The summed E-state index contributed by atoms with van der Waals surface area (Å²) in [5.74, 6) is 0. The smallest absolute Gasteiger partial charge is 0.395 e. The van der Waals surface area contributed by atoms with Crippen LogP contribution in [0.3, 0.4) is 0 Å². The van der Waals surface area contributed by atoms with Gasteiger partial charge in [-0.2, -0.15) is 0 Å². The van der Waals surface area contributed by atoms with Crippen LogP contribution in [-0.2, 0) is 9.09 Å². The van der Waals surface area contributed by atoms with Crippen LogP contribution in [0.1, 0.15) is 39.5 Å². The van der Waals surface area contributed by atoms with E-state index in [0.29, 0.717) is 13.1 Å². The molecule has 24 heavy (non-hydrogen) atoms. The molecule has 0 aliphatic rings. The number of aliphatic hydroxyl groups excluding tert-OH is 4. The topological polar surface area (TPSA) is 151 Å². The maximum atomic E-state index is 10.6. The van der Waals surface area contributed by atoms with Gasteiger partial charge in [0, 0.05) is 0 Å². The molecule has 0 aromatic rings. The van der Waals surface area contributed by atoms with Gasteiger partial charge in [0.25, 0.3) is 0 Å². The molecule has 0 rings (SSSR count). The quantitative estimate of drug-likeness (QED) is 0.220. The van der Waals surface area contributed by atoms with Crippen LogP contribution in [0, 0.1) is 0 Å². The Labute approximate surface area is 143 Å². The first-order valence-electron chi connectivity index (χ1n) is 8.27. The van der Waals surface area contributed by atoms with Crippen molar-refractivity contribution in [1.29, 1.82) is 0 Å². The number of nitrogens with zero attached hydrogens (tertiary/aromatic N) is 1. The van der Waals surface area contributed by atoms with Crippen molar-refractivity contribution in [2.24, 2.45) is 0 Å². The third-order valence-electron chi connectivity index (χ3n) is 3.81. The first kappa shape index (κ1) is 23.9. The fourth-order valence-corrected chi connectivity index (χ4v) is 2.68. The highest BCUT2D eigenvalue weighted by Crippen LogP contribution is 2.35. The highest BCUT2D eigenvalue weighted by Gasteiger charge is 2.35. The summed E-state index contributed by atoms with van der Waals surface area (Å²) in [5, 5.41) is 39.7. The predicted octanol–water partition coefficient (Wildman–Crippen LogP) is -0.559. The van der Waals surface area contributed by atoms with Crippen molar-refractivity contribution in [1.82, 2.24) is 4.90 Å². The van der Waals surface area contributed by atoms with E-state index in [0.717, 1.165) is 25.7 Å². The average Bonchev–Trinajstić information content (AvgIpc) is 2.53. The largest absolute Gasteiger partial charge is 0.469 e. The highest BCUT2D eigenvalue weighted by atomic mass is 31.2. The molecule has 0 saturated carbocycles. The molecule has 6 N–H and O–H groups in total. The molecule has 0 aliphatic heterocycles. The van der Waals surface area contributed by atoms with Crippen molar-refractivity contribution >= 4 is 7.82 Å². The van der Waals surface area contributed by atoms with Gasteiger partial charge in [-0.25, -0.2) is 4.57 Å². The molecule has 10 heteroatoms. The molecule has 0 aliphatic carbocycles. The maximum Gasteiger partial charge on any atom is 0.469 e. The molecule has 9 nitrogen and oxygen atoms in total. The van der Waals surface area contributed by atoms with E-state index in [2.05, 4.69) is 4.52 Å². The summed E-state index contributed by atoms with van der Waals surface area (Å²) in [6.07, 6.45) is -1.32. The van der Waals surface area contributed by atoms with Crippen LogP contribution >= 0.6 is 7.82 Å². The van der Waals surface area contributed by atoms with E-state index in [1.807, 2.05) is 18.7 Å². The molecule has 0 aromatic carbocycles. The van der Waals surface area contributed by atoms with Gasteiger partial charge in [0.15, 0.2) is 0 Å². The number of phosphoric acid groups is 1. The van der Waals surface area contributed by atoms with Gasteiger partial charge in [0.05, 0.1) is 19.3 Å². The second-order valence-electron chi connectivity index (χ2n) is 5.83. The van der Waals surface area contributed by atoms with Crippen molar-refractivity contribution < 1.29 is 39.3 Å². The monoisotopic (exact) mass is 373 g/mol. The molecule has 0 heterocycles. The van der Waals surface area contributed by atoms with Gasteiger partial charge in [0.1, 0.15) is 18.3 Å². The van der Waals surface area contributed by atoms with Crippen molar-refractivity contribution in [3.63, 3.8) is 0 Å². The summed E-state index contributed by atoms with van der Waals surface area (Å²) < 4.78 is 14.8. The van der Waals surface area contributed by atoms with Gasteiger partial charge in [-0.3, -0.25) is 9.42 Å². The summed E-state index contributed by atoms with van der Waals surface area (Å²) in [7, 11) is -4.78. The number of rotatable bonds is 14. The van der Waals surface area contributed by atoms with E-state index >= 15 is 0 Å². The van der Waals surface area contributed by atoms with E-state index in [1.165, 1.54) is 0 Å². The first-order chi connectivity index (χ1) is 11.2. The van der Waals surface area contributed by atoms with E-state index < -0.39 is 45.4 Å². The van der Waals surface area contributed by atoms with Crippen molar-refractivity contribution in [3.05, 3.63) is 0 Å². The summed E-state index contributed by atoms with van der Waals surface area (Å²) in [6.45, 7) is 4.03. The number of aliphatic hydroxyl groups is 4. The fourth-order valence-electron chi connectivity index (χ4n) is 2.33. The Bertz CT molecular complexity index is 359. The predicted molar refractivity (Wildman–Crippen MR) is 88.3 cm³/mol. The first-order valence-corrected chi connectivity index (χ1v) is 9.80. The summed E-state index contributed by atoms with van der Waals surface area (Å²) in [5.41, 5.74) is 0. The molecular formula is C14H32NO8P. The highest BCUT2D eigenvalue weighted by molar-refractivity contribution is 7.46. The van der Waals surface area contributed by atoms with Crippen LogP contribution in [0.2, 0.25) is 0 Å². The number of phosphoric ester groups is 1. The lowest BCUT2D eigenvalue weighted by Crippen LogP contribution is -2.54. The number of unbranched alkanes of at least 4 members (excludes halogenated alkanes) is 2. The van der Waals surface area contributed by atoms with E-state index in [4.69, 9.17) is 9.79 Å². The Morgan fingerprint density at radius 1 is 1.00 bits per heavy atom. The Morgan fingerprint density at radius 3 is 1.88 bits per heavy atom. The second-order valence-corrected chi connectivity index (χ2v) is 7.07. The summed E-state index contributed by atoms with van der Waals surface area (Å²) in [4.78, 5) is 19.1. The van der Waals surface area contributed by atoms with Crippen LogP contribution in [0.4, 0.5) is 0 Å². The minimum atomic E-state index is -4.78. The zero-order valence-corrected chi connectivity index (χ0v) is 15.3. The van der Waals surface area contributed by atoms with Gasteiger partial charge >= 0.3 is 7.82 Å². The third kappa shape index (κ3) is 9.41. The molecular weight excluding hydrogens is 341 g/mol. The Kier molecular flexibility index (Phi) is 12.2. The standard InChI is InChI=1S/C14H32NO8P/c1-3-5-7-15(8-6-4-2)11(9-16)13(18)14(19)12(17)10-23-24(20,21)22/h11-14,16-19H,3-10H2,1-2H3,(H2,20,21,22)/t11-,12+,13+,14+/m0/s1. The lowest BCUT2D eigenvalue weighted by Gasteiger charge is -2.36. The molecule has 0 spiro atoms. The van der Waals surface area contributed by atoms with Gasteiger partial charge in [-0.1, -0.05) is 26.7 Å². The molecule has 146 valence electrons. The number of hydrogen-bond donors (Lipinski definition) is 6. The summed E-state index contributed by atoms with van der Waals surface area (Å²) in [6, 6.07) is -0.789. The molecule has 0 amide bonds.